The molecule has 0 saturated carbocycles. The first-order chi connectivity index (χ1) is 15.6. The van der Waals surface area contributed by atoms with E-state index >= 15 is 0 Å². The van der Waals surface area contributed by atoms with Crippen molar-refractivity contribution in [2.24, 2.45) is 0 Å². The quantitative estimate of drug-likeness (QED) is 0.439. The number of pyridine rings is 1. The summed E-state index contributed by atoms with van der Waals surface area (Å²) in [6.07, 6.45) is 2.84. The maximum absolute atomic E-state index is 13.0. The normalized spacial score (nSPS) is 11.8. The Hall–Kier alpha value is -3.93. The summed E-state index contributed by atoms with van der Waals surface area (Å²) in [6.45, 7) is 2.31. The Morgan fingerprint density at radius 1 is 0.969 bits per heavy atom. The maximum Gasteiger partial charge on any atom is 0.269 e. The van der Waals surface area contributed by atoms with Gasteiger partial charge in [-0.25, -0.2) is 0 Å². The van der Waals surface area contributed by atoms with Gasteiger partial charge in [0.25, 0.3) is 11.8 Å². The molecule has 0 radical (unpaired) electrons. The number of hydrogen-bond donors (Lipinski definition) is 2. The summed E-state index contributed by atoms with van der Waals surface area (Å²) in [6, 6.07) is 22.4. The van der Waals surface area contributed by atoms with E-state index in [1.54, 1.807) is 30.5 Å². The number of carbonyl (C=O) groups excluding carboxylic acids is 2. The first-order valence-corrected chi connectivity index (χ1v) is 10.6. The summed E-state index contributed by atoms with van der Waals surface area (Å²) in [4.78, 5) is 29.3. The van der Waals surface area contributed by atoms with Gasteiger partial charge in [-0.15, -0.1) is 0 Å². The van der Waals surface area contributed by atoms with Crippen LogP contribution in [0.1, 0.15) is 38.6 Å². The van der Waals surface area contributed by atoms with E-state index in [1.807, 2.05) is 55.5 Å². The van der Waals surface area contributed by atoms with Gasteiger partial charge in [-0.3, -0.25) is 14.6 Å². The van der Waals surface area contributed by atoms with Crippen LogP contribution in [0.5, 0.6) is 0 Å². The van der Waals surface area contributed by atoms with Gasteiger partial charge in [0.1, 0.15) is 17.0 Å². The fourth-order valence-electron chi connectivity index (χ4n) is 3.66. The molecule has 162 valence electrons. The summed E-state index contributed by atoms with van der Waals surface area (Å²) < 4.78 is 5.60. The highest BCUT2D eigenvalue weighted by molar-refractivity contribution is 5.98. The molecule has 0 aliphatic rings. The van der Waals surface area contributed by atoms with Crippen LogP contribution in [-0.2, 0) is 6.42 Å². The van der Waals surface area contributed by atoms with Crippen LogP contribution in [0.15, 0.2) is 83.4 Å². The maximum atomic E-state index is 13.0. The predicted octanol–water partition coefficient (Wildman–Crippen LogP) is 4.30. The van der Waals surface area contributed by atoms with Gasteiger partial charge in [-0.1, -0.05) is 36.4 Å². The molecule has 0 spiro atoms. The largest absolute Gasteiger partial charge is 0.461 e. The Bertz CT molecular complexity index is 1200. The van der Waals surface area contributed by atoms with Crippen LogP contribution in [0.2, 0.25) is 0 Å². The average molecular weight is 428 g/mol. The topological polar surface area (TPSA) is 84.2 Å². The van der Waals surface area contributed by atoms with E-state index in [2.05, 4.69) is 15.6 Å². The Kier molecular flexibility index (Phi) is 6.60. The lowest BCUT2D eigenvalue weighted by Crippen LogP contribution is -2.39. The number of aromatic nitrogens is 1. The monoisotopic (exact) mass is 427 g/mol. The summed E-state index contributed by atoms with van der Waals surface area (Å²) in [5.41, 5.74) is 2.83. The standard InChI is InChI=1S/C26H25N3O3/c1-18-15-21-17-20(10-11-24(21)32-18)25(30)29-22(16-19-7-3-2-4-8-19)12-14-28-26(31)23-9-5-6-13-27-23/h2-11,13,15,17,22H,12,14,16H2,1H3,(H,28,31)(H,29,30). The van der Waals surface area contributed by atoms with Crippen LogP contribution in [0.4, 0.5) is 0 Å². The summed E-state index contributed by atoms with van der Waals surface area (Å²) in [5, 5.41) is 6.92. The second kappa shape index (κ2) is 9.92. The van der Waals surface area contributed by atoms with E-state index in [0.717, 1.165) is 22.3 Å². The van der Waals surface area contributed by atoms with Crippen molar-refractivity contribution in [3.63, 3.8) is 0 Å². The summed E-state index contributed by atoms with van der Waals surface area (Å²) >= 11 is 0. The molecule has 6 heteroatoms. The van der Waals surface area contributed by atoms with Crippen LogP contribution in [0.25, 0.3) is 11.0 Å². The second-order valence-corrected chi connectivity index (χ2v) is 7.73. The lowest BCUT2D eigenvalue weighted by molar-refractivity contribution is 0.0933. The number of benzene rings is 2. The van der Waals surface area contributed by atoms with Crippen LogP contribution < -0.4 is 10.6 Å². The minimum Gasteiger partial charge on any atom is -0.461 e. The summed E-state index contributed by atoms with van der Waals surface area (Å²) in [5.74, 6) is 0.432. The molecule has 2 heterocycles. The van der Waals surface area contributed by atoms with Crippen molar-refractivity contribution in [1.29, 1.82) is 0 Å². The van der Waals surface area contributed by atoms with Gasteiger partial charge in [0, 0.05) is 29.7 Å². The number of hydrogen-bond acceptors (Lipinski definition) is 4. The highest BCUT2D eigenvalue weighted by Gasteiger charge is 2.16. The van der Waals surface area contributed by atoms with Gasteiger partial charge in [0.2, 0.25) is 0 Å². The first-order valence-electron chi connectivity index (χ1n) is 10.6. The van der Waals surface area contributed by atoms with Crippen molar-refractivity contribution < 1.29 is 14.0 Å². The van der Waals surface area contributed by atoms with Gasteiger partial charge in [-0.2, -0.15) is 0 Å². The SMILES string of the molecule is Cc1cc2cc(C(=O)NC(CCNC(=O)c3ccccn3)Cc3ccccc3)ccc2o1. The molecule has 0 fully saturated rings. The van der Waals surface area contributed by atoms with Crippen LogP contribution in [0.3, 0.4) is 0 Å². The van der Waals surface area contributed by atoms with E-state index in [9.17, 15) is 9.59 Å². The Balaban J connectivity index is 1.43. The third kappa shape index (κ3) is 5.40. The Morgan fingerprint density at radius 2 is 1.78 bits per heavy atom. The second-order valence-electron chi connectivity index (χ2n) is 7.73. The van der Waals surface area contributed by atoms with E-state index in [4.69, 9.17) is 4.42 Å². The fourth-order valence-corrected chi connectivity index (χ4v) is 3.66. The lowest BCUT2D eigenvalue weighted by Gasteiger charge is -2.19. The number of fused-ring (bicyclic) bond motifs is 1. The number of nitrogens with one attached hydrogen (secondary N) is 2. The van der Waals surface area contributed by atoms with Gasteiger partial charge < -0.3 is 15.1 Å². The van der Waals surface area contributed by atoms with Crippen LogP contribution >= 0.6 is 0 Å². The van der Waals surface area contributed by atoms with Crippen molar-refractivity contribution in [3.05, 3.63) is 102 Å². The van der Waals surface area contributed by atoms with Gasteiger partial charge in [0.15, 0.2) is 0 Å². The number of nitrogens with zero attached hydrogens (tertiary/aromatic N) is 1. The van der Waals surface area contributed by atoms with Crippen LogP contribution in [-0.4, -0.2) is 29.4 Å². The molecule has 6 nitrogen and oxygen atoms in total. The van der Waals surface area contributed by atoms with E-state index in [0.29, 0.717) is 30.6 Å². The molecule has 0 aliphatic carbocycles. The smallest absolute Gasteiger partial charge is 0.269 e. The van der Waals surface area contributed by atoms with E-state index in [-0.39, 0.29) is 17.9 Å². The number of furan rings is 1. The zero-order valence-electron chi connectivity index (χ0n) is 17.9. The first kappa shape index (κ1) is 21.3. The van der Waals surface area contributed by atoms with Crippen molar-refractivity contribution in [2.75, 3.05) is 6.54 Å². The number of carbonyl (C=O) groups is 2. The minimum absolute atomic E-state index is 0.143. The molecule has 0 aliphatic heterocycles. The van der Waals surface area contributed by atoms with E-state index < -0.39 is 0 Å². The van der Waals surface area contributed by atoms with E-state index in [1.165, 1.54) is 0 Å². The molecule has 2 N–H and O–H groups in total. The molecule has 0 bridgehead atoms. The molecular weight excluding hydrogens is 402 g/mol. The Morgan fingerprint density at radius 3 is 2.56 bits per heavy atom. The van der Waals surface area contributed by atoms with Crippen molar-refractivity contribution in [3.8, 4) is 0 Å². The zero-order chi connectivity index (χ0) is 22.3. The van der Waals surface area contributed by atoms with Crippen molar-refractivity contribution in [2.45, 2.75) is 25.8 Å². The molecule has 2 amide bonds. The minimum atomic E-state index is -0.226. The summed E-state index contributed by atoms with van der Waals surface area (Å²) in [7, 11) is 0. The highest BCUT2D eigenvalue weighted by atomic mass is 16.3. The van der Waals surface area contributed by atoms with Gasteiger partial charge in [0.05, 0.1) is 0 Å². The van der Waals surface area contributed by atoms with Crippen molar-refractivity contribution >= 4 is 22.8 Å². The predicted molar refractivity (Wildman–Crippen MR) is 124 cm³/mol. The number of amides is 2. The average Bonchev–Trinajstić information content (AvgIpc) is 3.19. The van der Waals surface area contributed by atoms with Gasteiger partial charge in [-0.05, 0) is 61.7 Å². The van der Waals surface area contributed by atoms with Crippen molar-refractivity contribution in [1.82, 2.24) is 15.6 Å². The molecule has 0 saturated heterocycles. The lowest BCUT2D eigenvalue weighted by atomic mass is 10.0. The number of rotatable bonds is 8. The molecule has 4 aromatic rings. The molecule has 2 aromatic carbocycles. The molecule has 1 atom stereocenters. The molecule has 2 aromatic heterocycles. The molecule has 32 heavy (non-hydrogen) atoms. The highest BCUT2D eigenvalue weighted by Crippen LogP contribution is 2.20. The fraction of sp³-hybridized carbons (Fsp3) is 0.192. The third-order valence-electron chi connectivity index (χ3n) is 5.24. The zero-order valence-corrected chi connectivity index (χ0v) is 17.9. The Labute approximate surface area is 186 Å². The third-order valence-corrected chi connectivity index (χ3v) is 5.24. The van der Waals surface area contributed by atoms with Crippen LogP contribution in [0, 0.1) is 6.92 Å². The van der Waals surface area contributed by atoms with Gasteiger partial charge >= 0.3 is 0 Å². The molecule has 1 unspecified atom stereocenters. The number of aryl methyl sites for hydroxylation is 1. The molecular formula is C26H25N3O3. The molecule has 4 rings (SSSR count).